The summed E-state index contributed by atoms with van der Waals surface area (Å²) in [6.07, 6.45) is 4.55. The molecule has 166 valence electrons. The quantitative estimate of drug-likeness (QED) is 0.649. The van der Waals surface area contributed by atoms with Crippen molar-refractivity contribution >= 4 is 11.8 Å². The van der Waals surface area contributed by atoms with Crippen molar-refractivity contribution in [3.8, 4) is 11.1 Å². The van der Waals surface area contributed by atoms with Crippen molar-refractivity contribution in [2.75, 3.05) is 13.1 Å². The van der Waals surface area contributed by atoms with Gasteiger partial charge in [0.1, 0.15) is 6.54 Å². The number of likely N-dealkylation sites (tertiary alicyclic amines) is 1. The molecule has 0 spiro atoms. The topological polar surface area (TPSA) is 94.1 Å². The Morgan fingerprint density at radius 3 is 2.47 bits per heavy atom. The van der Waals surface area contributed by atoms with Crippen LogP contribution in [0.4, 0.5) is 0 Å². The van der Waals surface area contributed by atoms with E-state index < -0.39 is 5.41 Å². The number of aromatic nitrogens is 3. The smallest absolute Gasteiger partial charge is 0.244 e. The average Bonchev–Trinajstić information content (AvgIpc) is 3.33. The first-order valence-electron chi connectivity index (χ1n) is 10.9. The van der Waals surface area contributed by atoms with Crippen molar-refractivity contribution in [1.82, 2.24) is 19.7 Å². The molecule has 0 unspecified atom stereocenters. The monoisotopic (exact) mass is 431 g/mol. The van der Waals surface area contributed by atoms with Crippen LogP contribution in [0.3, 0.4) is 0 Å². The predicted molar refractivity (Wildman–Crippen MR) is 123 cm³/mol. The predicted octanol–water partition coefficient (Wildman–Crippen LogP) is 2.82. The highest BCUT2D eigenvalue weighted by molar-refractivity contribution is 5.85. The highest BCUT2D eigenvalue weighted by atomic mass is 16.2. The molecule has 2 N–H and O–H groups in total. The van der Waals surface area contributed by atoms with Gasteiger partial charge in [-0.3, -0.25) is 19.3 Å². The number of primary amides is 1. The summed E-state index contributed by atoms with van der Waals surface area (Å²) in [6, 6.07) is 11.9. The Bertz CT molecular complexity index is 1150. The van der Waals surface area contributed by atoms with Crippen molar-refractivity contribution in [3.63, 3.8) is 0 Å². The molecule has 3 aromatic rings. The molecule has 1 aliphatic heterocycles. The van der Waals surface area contributed by atoms with Crippen LogP contribution >= 0.6 is 0 Å². The number of rotatable bonds is 6. The zero-order valence-corrected chi connectivity index (χ0v) is 18.8. The fraction of sp³-hybridized carbons (Fsp3) is 0.360. The normalized spacial score (nSPS) is 18.2. The standard InChI is InChI=1S/C25H29N5O2/c1-17-18(2)28-30(19(17)3)15-23(31)29-13-10-25(16-29,24(26)32)14-21-6-4-5-7-22(21)20-8-11-27-12-9-20/h4-9,11-12H,10,13-16H2,1-3H3,(H2,26,32)/t25-/m1/s1. The number of carbonyl (C=O) groups excluding carboxylic acids is 2. The first-order chi connectivity index (χ1) is 15.3. The molecule has 0 radical (unpaired) electrons. The second-order valence-electron chi connectivity index (χ2n) is 8.73. The van der Waals surface area contributed by atoms with E-state index in [-0.39, 0.29) is 18.4 Å². The summed E-state index contributed by atoms with van der Waals surface area (Å²) in [5.41, 5.74) is 11.3. The Labute approximate surface area is 188 Å². The molecule has 3 heterocycles. The van der Waals surface area contributed by atoms with E-state index in [1.807, 2.05) is 57.2 Å². The minimum Gasteiger partial charge on any atom is -0.369 e. The molecule has 1 aliphatic rings. The highest BCUT2D eigenvalue weighted by Crippen LogP contribution is 2.37. The van der Waals surface area contributed by atoms with E-state index in [1.54, 1.807) is 22.0 Å². The van der Waals surface area contributed by atoms with Crippen LogP contribution in [0.5, 0.6) is 0 Å². The van der Waals surface area contributed by atoms with E-state index in [0.717, 1.165) is 33.6 Å². The molecule has 0 saturated carbocycles. The van der Waals surface area contributed by atoms with Crippen LogP contribution in [0, 0.1) is 26.2 Å². The van der Waals surface area contributed by atoms with Crippen LogP contribution in [0.15, 0.2) is 48.8 Å². The SMILES string of the molecule is Cc1nn(CC(=O)N2CC[C@](Cc3ccccc3-c3ccncc3)(C(N)=O)C2)c(C)c1C. The summed E-state index contributed by atoms with van der Waals surface area (Å²) in [7, 11) is 0. The van der Waals surface area contributed by atoms with Gasteiger partial charge in [0.05, 0.1) is 11.1 Å². The van der Waals surface area contributed by atoms with E-state index in [1.165, 1.54) is 0 Å². The minimum atomic E-state index is -0.788. The average molecular weight is 432 g/mol. The van der Waals surface area contributed by atoms with E-state index in [0.29, 0.717) is 25.9 Å². The Hall–Kier alpha value is -3.48. The molecule has 4 rings (SSSR count). The van der Waals surface area contributed by atoms with Crippen LogP contribution in [-0.2, 0) is 22.6 Å². The van der Waals surface area contributed by atoms with Crippen molar-refractivity contribution in [2.24, 2.45) is 11.1 Å². The van der Waals surface area contributed by atoms with Gasteiger partial charge in [-0.25, -0.2) is 0 Å². The number of amides is 2. The third-order valence-corrected chi connectivity index (χ3v) is 6.80. The molecule has 7 nitrogen and oxygen atoms in total. The Balaban J connectivity index is 1.56. The summed E-state index contributed by atoms with van der Waals surface area (Å²) in [5, 5.41) is 4.48. The van der Waals surface area contributed by atoms with Gasteiger partial charge < -0.3 is 10.6 Å². The number of benzene rings is 1. The molecule has 1 fully saturated rings. The van der Waals surface area contributed by atoms with Crippen LogP contribution in [0.25, 0.3) is 11.1 Å². The van der Waals surface area contributed by atoms with Gasteiger partial charge in [-0.15, -0.1) is 0 Å². The van der Waals surface area contributed by atoms with Gasteiger partial charge in [0.25, 0.3) is 0 Å². The number of hydrogen-bond acceptors (Lipinski definition) is 4. The molecular weight excluding hydrogens is 402 g/mol. The Kier molecular flexibility index (Phi) is 5.82. The Morgan fingerprint density at radius 2 is 1.81 bits per heavy atom. The van der Waals surface area contributed by atoms with Gasteiger partial charge in [0.2, 0.25) is 11.8 Å². The Morgan fingerprint density at radius 1 is 1.09 bits per heavy atom. The van der Waals surface area contributed by atoms with Crippen molar-refractivity contribution < 1.29 is 9.59 Å². The molecule has 0 aliphatic carbocycles. The van der Waals surface area contributed by atoms with Gasteiger partial charge in [-0.2, -0.15) is 5.10 Å². The second-order valence-corrected chi connectivity index (χ2v) is 8.73. The number of nitrogens with zero attached hydrogens (tertiary/aromatic N) is 4. The molecule has 1 atom stereocenters. The third kappa shape index (κ3) is 4.02. The van der Waals surface area contributed by atoms with Crippen LogP contribution in [0.2, 0.25) is 0 Å². The fourth-order valence-electron chi connectivity index (χ4n) is 4.54. The molecule has 0 bridgehead atoms. The number of carbonyl (C=O) groups is 2. The maximum atomic E-state index is 13.0. The van der Waals surface area contributed by atoms with Crippen LogP contribution in [-0.4, -0.2) is 44.6 Å². The molecule has 32 heavy (non-hydrogen) atoms. The summed E-state index contributed by atoms with van der Waals surface area (Å²) in [6.45, 7) is 6.92. The highest BCUT2D eigenvalue weighted by Gasteiger charge is 2.45. The lowest BCUT2D eigenvalue weighted by Crippen LogP contribution is -2.43. The molecule has 2 amide bonds. The van der Waals surface area contributed by atoms with Crippen LogP contribution < -0.4 is 5.73 Å². The summed E-state index contributed by atoms with van der Waals surface area (Å²) < 4.78 is 1.75. The van der Waals surface area contributed by atoms with Gasteiger partial charge in [-0.05, 0) is 68.0 Å². The van der Waals surface area contributed by atoms with E-state index in [9.17, 15) is 9.59 Å². The molecule has 2 aromatic heterocycles. The van der Waals surface area contributed by atoms with E-state index in [2.05, 4.69) is 10.1 Å². The van der Waals surface area contributed by atoms with Crippen molar-refractivity contribution in [3.05, 3.63) is 71.3 Å². The summed E-state index contributed by atoms with van der Waals surface area (Å²) in [5.74, 6) is -0.402. The summed E-state index contributed by atoms with van der Waals surface area (Å²) in [4.78, 5) is 31.6. The maximum Gasteiger partial charge on any atom is 0.244 e. The first kappa shape index (κ1) is 21.7. The van der Waals surface area contributed by atoms with Crippen molar-refractivity contribution in [1.29, 1.82) is 0 Å². The number of nitrogens with two attached hydrogens (primary N) is 1. The zero-order valence-electron chi connectivity index (χ0n) is 18.8. The molecule has 7 heteroatoms. The molecule has 1 saturated heterocycles. The van der Waals surface area contributed by atoms with Gasteiger partial charge >= 0.3 is 0 Å². The molecular formula is C25H29N5O2. The van der Waals surface area contributed by atoms with E-state index in [4.69, 9.17) is 5.73 Å². The largest absolute Gasteiger partial charge is 0.369 e. The number of pyridine rings is 1. The first-order valence-corrected chi connectivity index (χ1v) is 10.9. The number of aryl methyl sites for hydroxylation is 1. The lowest BCUT2D eigenvalue weighted by atomic mass is 9.78. The lowest BCUT2D eigenvalue weighted by Gasteiger charge is -2.27. The molecule has 1 aromatic carbocycles. The zero-order chi connectivity index (χ0) is 22.9. The van der Waals surface area contributed by atoms with Gasteiger partial charge in [0.15, 0.2) is 0 Å². The second kappa shape index (κ2) is 8.57. The van der Waals surface area contributed by atoms with E-state index >= 15 is 0 Å². The maximum absolute atomic E-state index is 13.0. The van der Waals surface area contributed by atoms with Gasteiger partial charge in [-0.1, -0.05) is 24.3 Å². The van der Waals surface area contributed by atoms with Crippen molar-refractivity contribution in [2.45, 2.75) is 40.2 Å². The summed E-state index contributed by atoms with van der Waals surface area (Å²) >= 11 is 0. The number of hydrogen-bond donors (Lipinski definition) is 1. The lowest BCUT2D eigenvalue weighted by molar-refractivity contribution is -0.132. The minimum absolute atomic E-state index is 0.0406. The third-order valence-electron chi connectivity index (χ3n) is 6.80. The van der Waals surface area contributed by atoms with Crippen LogP contribution in [0.1, 0.15) is 28.9 Å². The fourth-order valence-corrected chi connectivity index (χ4v) is 4.54. The van der Waals surface area contributed by atoms with Gasteiger partial charge in [0, 0.05) is 31.2 Å².